The summed E-state index contributed by atoms with van der Waals surface area (Å²) in [7, 11) is 0. The summed E-state index contributed by atoms with van der Waals surface area (Å²) in [6, 6.07) is 8.14. The normalized spacial score (nSPS) is 11.5. The highest BCUT2D eigenvalue weighted by molar-refractivity contribution is 5.71. The van der Waals surface area contributed by atoms with Crippen LogP contribution in [0.5, 0.6) is 5.75 Å². The van der Waals surface area contributed by atoms with Gasteiger partial charge in [0.05, 0.1) is 11.4 Å². The third-order valence-corrected chi connectivity index (χ3v) is 3.70. The van der Waals surface area contributed by atoms with Gasteiger partial charge in [-0.25, -0.2) is 9.97 Å². The molecule has 24 heavy (non-hydrogen) atoms. The smallest absolute Gasteiger partial charge is 0.184 e. The average Bonchev–Trinajstić information content (AvgIpc) is 2.95. The Hall–Kier alpha value is -2.87. The second kappa shape index (κ2) is 5.64. The van der Waals surface area contributed by atoms with Crippen molar-refractivity contribution in [1.29, 1.82) is 5.26 Å². The van der Waals surface area contributed by atoms with Crippen molar-refractivity contribution in [3.05, 3.63) is 47.5 Å². The summed E-state index contributed by atoms with van der Waals surface area (Å²) in [5.41, 5.74) is 4.55. The van der Waals surface area contributed by atoms with Gasteiger partial charge in [0.1, 0.15) is 17.4 Å². The van der Waals surface area contributed by atoms with E-state index in [4.69, 9.17) is 4.74 Å². The van der Waals surface area contributed by atoms with Crippen LogP contribution in [0.4, 0.5) is 0 Å². The van der Waals surface area contributed by atoms with Crippen LogP contribution in [0, 0.1) is 25.2 Å². The highest BCUT2D eigenvalue weighted by Gasteiger charge is 2.17. The van der Waals surface area contributed by atoms with Crippen LogP contribution in [0.25, 0.3) is 16.9 Å². The van der Waals surface area contributed by atoms with Gasteiger partial charge in [0.15, 0.2) is 11.3 Å². The molecule has 0 fully saturated rings. The first kappa shape index (κ1) is 16.0. The Kier molecular flexibility index (Phi) is 3.76. The fourth-order valence-electron chi connectivity index (χ4n) is 2.82. The molecule has 3 rings (SSSR count). The lowest BCUT2D eigenvalue weighted by Crippen LogP contribution is -2.22. The van der Waals surface area contributed by atoms with Crippen LogP contribution in [0.1, 0.15) is 37.7 Å². The fourth-order valence-corrected chi connectivity index (χ4v) is 2.82. The van der Waals surface area contributed by atoms with Gasteiger partial charge in [-0.05, 0) is 58.4 Å². The van der Waals surface area contributed by atoms with Gasteiger partial charge >= 0.3 is 0 Å². The van der Waals surface area contributed by atoms with Crippen molar-refractivity contribution in [1.82, 2.24) is 14.4 Å². The average molecular weight is 320 g/mol. The lowest BCUT2D eigenvalue weighted by molar-refractivity contribution is 0.131. The number of aromatic nitrogens is 3. The molecule has 0 aliphatic carbocycles. The summed E-state index contributed by atoms with van der Waals surface area (Å²) in [5, 5.41) is 9.26. The topological polar surface area (TPSA) is 63.2 Å². The Balaban J connectivity index is 2.17. The number of rotatable bonds is 2. The molecule has 122 valence electrons. The first-order valence-corrected chi connectivity index (χ1v) is 7.84. The van der Waals surface area contributed by atoms with Gasteiger partial charge in [-0.3, -0.25) is 4.40 Å². The summed E-state index contributed by atoms with van der Waals surface area (Å²) < 4.78 is 7.86. The molecule has 0 bridgehead atoms. The van der Waals surface area contributed by atoms with Crippen LogP contribution in [0.3, 0.4) is 0 Å². The van der Waals surface area contributed by atoms with Crippen molar-refractivity contribution < 1.29 is 4.74 Å². The van der Waals surface area contributed by atoms with Crippen molar-refractivity contribution in [2.45, 2.75) is 40.2 Å². The summed E-state index contributed by atoms with van der Waals surface area (Å²) in [6.07, 6.45) is 3.55. The Morgan fingerprint density at radius 1 is 1.21 bits per heavy atom. The van der Waals surface area contributed by atoms with Crippen molar-refractivity contribution in [2.75, 3.05) is 0 Å². The van der Waals surface area contributed by atoms with Crippen LogP contribution in [0.15, 0.2) is 30.6 Å². The van der Waals surface area contributed by atoms with Crippen molar-refractivity contribution in [3.63, 3.8) is 0 Å². The molecule has 0 amide bonds. The Morgan fingerprint density at radius 2 is 1.96 bits per heavy atom. The van der Waals surface area contributed by atoms with E-state index >= 15 is 0 Å². The molecule has 0 saturated carbocycles. The molecule has 1 aromatic carbocycles. The van der Waals surface area contributed by atoms with E-state index in [0.29, 0.717) is 11.3 Å². The fraction of sp³-hybridized carbons (Fsp3) is 0.316. The lowest BCUT2D eigenvalue weighted by atomic mass is 10.0. The van der Waals surface area contributed by atoms with Gasteiger partial charge in [0, 0.05) is 18.0 Å². The van der Waals surface area contributed by atoms with E-state index in [2.05, 4.69) is 16.0 Å². The number of nitrogens with zero attached hydrogens (tertiary/aromatic N) is 4. The molecular weight excluding hydrogens is 300 g/mol. The highest BCUT2D eigenvalue weighted by Crippen LogP contribution is 2.31. The maximum Gasteiger partial charge on any atom is 0.184 e. The minimum absolute atomic E-state index is 0.239. The lowest BCUT2D eigenvalue weighted by Gasteiger charge is -2.22. The maximum atomic E-state index is 9.26. The summed E-state index contributed by atoms with van der Waals surface area (Å²) in [4.78, 5) is 8.68. The zero-order valence-corrected chi connectivity index (χ0v) is 14.6. The van der Waals surface area contributed by atoms with Crippen LogP contribution in [-0.2, 0) is 0 Å². The van der Waals surface area contributed by atoms with Gasteiger partial charge < -0.3 is 4.74 Å². The maximum absolute atomic E-state index is 9.26. The molecule has 5 heteroatoms. The molecule has 0 aliphatic rings. The predicted molar refractivity (Wildman–Crippen MR) is 93.0 cm³/mol. The third kappa shape index (κ3) is 2.83. The number of nitriles is 1. The van der Waals surface area contributed by atoms with E-state index in [-0.39, 0.29) is 5.60 Å². The van der Waals surface area contributed by atoms with Crippen LogP contribution in [-0.4, -0.2) is 20.0 Å². The van der Waals surface area contributed by atoms with Crippen LogP contribution >= 0.6 is 0 Å². The Morgan fingerprint density at radius 3 is 2.58 bits per heavy atom. The zero-order valence-electron chi connectivity index (χ0n) is 14.6. The first-order chi connectivity index (χ1) is 11.3. The van der Waals surface area contributed by atoms with Crippen LogP contribution < -0.4 is 4.74 Å². The monoisotopic (exact) mass is 320 g/mol. The van der Waals surface area contributed by atoms with Gasteiger partial charge in [0.25, 0.3) is 0 Å². The Bertz CT molecular complexity index is 958. The number of ether oxygens (including phenoxy) is 1. The number of hydrogen-bond acceptors (Lipinski definition) is 4. The SMILES string of the molecule is Cc1cc(OC(C)(C)C)ccc1-c1c(C)nc(C#N)c2nccn12. The molecule has 0 spiro atoms. The minimum Gasteiger partial charge on any atom is -0.488 e. The van der Waals surface area contributed by atoms with Gasteiger partial charge in [-0.1, -0.05) is 0 Å². The molecule has 0 atom stereocenters. The summed E-state index contributed by atoms with van der Waals surface area (Å²) >= 11 is 0. The van der Waals surface area contributed by atoms with Crippen molar-refractivity contribution >= 4 is 5.65 Å². The van der Waals surface area contributed by atoms with E-state index in [1.54, 1.807) is 6.20 Å². The number of fused-ring (bicyclic) bond motifs is 1. The largest absolute Gasteiger partial charge is 0.488 e. The quantitative estimate of drug-likeness (QED) is 0.714. The molecule has 0 radical (unpaired) electrons. The molecule has 2 aromatic heterocycles. The first-order valence-electron chi connectivity index (χ1n) is 7.84. The third-order valence-electron chi connectivity index (χ3n) is 3.70. The van der Waals surface area contributed by atoms with Gasteiger partial charge in [-0.2, -0.15) is 5.26 Å². The number of hydrogen-bond donors (Lipinski definition) is 0. The number of aryl methyl sites for hydroxylation is 2. The van der Waals surface area contributed by atoms with E-state index in [1.807, 2.05) is 63.4 Å². The second-order valence-electron chi connectivity index (χ2n) is 6.82. The van der Waals surface area contributed by atoms with Gasteiger partial charge in [0.2, 0.25) is 0 Å². The molecule has 0 aliphatic heterocycles. The summed E-state index contributed by atoms with van der Waals surface area (Å²) in [5.74, 6) is 0.838. The molecule has 0 unspecified atom stereocenters. The van der Waals surface area contributed by atoms with E-state index in [9.17, 15) is 5.26 Å². The molecule has 2 heterocycles. The highest BCUT2D eigenvalue weighted by atomic mass is 16.5. The molecule has 0 saturated heterocycles. The van der Waals surface area contributed by atoms with Crippen molar-refractivity contribution in [3.8, 4) is 23.1 Å². The molecule has 5 nitrogen and oxygen atoms in total. The Labute approximate surface area is 141 Å². The molecular formula is C19H20N4O. The van der Waals surface area contributed by atoms with E-state index < -0.39 is 0 Å². The molecule has 3 aromatic rings. The van der Waals surface area contributed by atoms with E-state index in [1.165, 1.54) is 0 Å². The second-order valence-corrected chi connectivity index (χ2v) is 6.82. The summed E-state index contributed by atoms with van der Waals surface area (Å²) in [6.45, 7) is 10.0. The standard InChI is InChI=1S/C19H20N4O/c1-12-10-14(24-19(3,4)5)6-7-15(12)17-13(2)22-16(11-20)18-21-8-9-23(17)18/h6-10H,1-5H3. The number of benzene rings is 1. The van der Waals surface area contributed by atoms with Crippen LogP contribution in [0.2, 0.25) is 0 Å². The number of imidazole rings is 1. The molecule has 0 N–H and O–H groups in total. The van der Waals surface area contributed by atoms with E-state index in [0.717, 1.165) is 28.3 Å². The predicted octanol–water partition coefficient (Wildman–Crippen LogP) is 4.06. The van der Waals surface area contributed by atoms with Gasteiger partial charge in [-0.15, -0.1) is 0 Å². The zero-order chi connectivity index (χ0) is 17.5. The van der Waals surface area contributed by atoms with Crippen molar-refractivity contribution in [2.24, 2.45) is 0 Å². The minimum atomic E-state index is -0.239.